The third kappa shape index (κ3) is 5.71. The SMILES string of the molecule is CCCCCCC(NCCC)C1CCOCC1C. The maximum atomic E-state index is 5.58. The average molecular weight is 255 g/mol. The van der Waals surface area contributed by atoms with Gasteiger partial charge in [-0.2, -0.15) is 0 Å². The minimum atomic E-state index is 0.722. The Morgan fingerprint density at radius 3 is 2.67 bits per heavy atom. The second-order valence-electron chi connectivity index (χ2n) is 5.91. The molecule has 1 rings (SSSR count). The summed E-state index contributed by atoms with van der Waals surface area (Å²) in [5, 5.41) is 3.79. The Hall–Kier alpha value is -0.0800. The van der Waals surface area contributed by atoms with E-state index in [1.165, 1.54) is 51.5 Å². The molecule has 3 atom stereocenters. The summed E-state index contributed by atoms with van der Waals surface area (Å²) in [7, 11) is 0. The summed E-state index contributed by atoms with van der Waals surface area (Å²) in [4.78, 5) is 0. The summed E-state index contributed by atoms with van der Waals surface area (Å²) < 4.78 is 5.58. The highest BCUT2D eigenvalue weighted by atomic mass is 16.5. The zero-order valence-electron chi connectivity index (χ0n) is 12.7. The first kappa shape index (κ1) is 16.0. The van der Waals surface area contributed by atoms with Crippen molar-refractivity contribution in [3.8, 4) is 0 Å². The highest BCUT2D eigenvalue weighted by Gasteiger charge is 2.28. The molecule has 0 saturated carbocycles. The third-order valence-corrected chi connectivity index (χ3v) is 4.25. The average Bonchev–Trinajstić information content (AvgIpc) is 2.39. The van der Waals surface area contributed by atoms with Crippen molar-refractivity contribution in [2.24, 2.45) is 11.8 Å². The Labute approximate surface area is 114 Å². The summed E-state index contributed by atoms with van der Waals surface area (Å²) in [6, 6.07) is 0.723. The normalized spacial score (nSPS) is 26.2. The molecule has 0 aromatic rings. The molecule has 0 bridgehead atoms. The fourth-order valence-electron chi connectivity index (χ4n) is 3.08. The van der Waals surface area contributed by atoms with Gasteiger partial charge < -0.3 is 10.1 Å². The molecule has 18 heavy (non-hydrogen) atoms. The molecule has 0 aromatic carbocycles. The van der Waals surface area contributed by atoms with Crippen molar-refractivity contribution in [2.45, 2.75) is 71.8 Å². The second-order valence-corrected chi connectivity index (χ2v) is 5.91. The van der Waals surface area contributed by atoms with Gasteiger partial charge >= 0.3 is 0 Å². The fraction of sp³-hybridized carbons (Fsp3) is 1.00. The topological polar surface area (TPSA) is 21.3 Å². The Balaban J connectivity index is 2.37. The molecule has 3 unspecified atom stereocenters. The highest BCUT2D eigenvalue weighted by molar-refractivity contribution is 4.82. The van der Waals surface area contributed by atoms with E-state index in [1.807, 2.05) is 0 Å². The first-order valence-electron chi connectivity index (χ1n) is 8.10. The highest BCUT2D eigenvalue weighted by Crippen LogP contribution is 2.27. The van der Waals surface area contributed by atoms with Crippen molar-refractivity contribution in [3.63, 3.8) is 0 Å². The molecular formula is C16H33NO. The first-order valence-corrected chi connectivity index (χ1v) is 8.10. The predicted octanol–water partition coefficient (Wildman–Crippen LogP) is 4.00. The molecule has 1 aliphatic rings. The van der Waals surface area contributed by atoms with Crippen LogP contribution in [-0.4, -0.2) is 25.8 Å². The Kier molecular flexibility index (Phi) is 8.70. The summed E-state index contributed by atoms with van der Waals surface area (Å²) in [6.45, 7) is 10.00. The maximum absolute atomic E-state index is 5.58. The van der Waals surface area contributed by atoms with E-state index >= 15 is 0 Å². The van der Waals surface area contributed by atoms with Crippen LogP contribution in [0, 0.1) is 11.8 Å². The van der Waals surface area contributed by atoms with Gasteiger partial charge in [-0.1, -0.05) is 46.5 Å². The van der Waals surface area contributed by atoms with Crippen molar-refractivity contribution in [3.05, 3.63) is 0 Å². The van der Waals surface area contributed by atoms with Crippen LogP contribution in [0.5, 0.6) is 0 Å². The lowest BCUT2D eigenvalue weighted by atomic mass is 9.81. The molecule has 0 aromatic heterocycles. The lowest BCUT2D eigenvalue weighted by molar-refractivity contribution is 0.00950. The van der Waals surface area contributed by atoms with E-state index in [2.05, 4.69) is 26.1 Å². The van der Waals surface area contributed by atoms with Crippen LogP contribution in [0.25, 0.3) is 0 Å². The lowest BCUT2D eigenvalue weighted by Crippen LogP contribution is -2.43. The molecule has 2 nitrogen and oxygen atoms in total. The van der Waals surface area contributed by atoms with E-state index in [0.717, 1.165) is 31.1 Å². The van der Waals surface area contributed by atoms with Crippen LogP contribution in [0.2, 0.25) is 0 Å². The number of rotatable bonds is 9. The maximum Gasteiger partial charge on any atom is 0.0494 e. The quantitative estimate of drug-likeness (QED) is 0.629. The van der Waals surface area contributed by atoms with Crippen LogP contribution in [0.4, 0.5) is 0 Å². The van der Waals surface area contributed by atoms with Gasteiger partial charge in [0, 0.05) is 19.3 Å². The van der Waals surface area contributed by atoms with E-state index in [1.54, 1.807) is 0 Å². The molecular weight excluding hydrogens is 222 g/mol. The molecule has 1 aliphatic heterocycles. The van der Waals surface area contributed by atoms with Crippen LogP contribution < -0.4 is 5.32 Å². The monoisotopic (exact) mass is 255 g/mol. The molecule has 1 saturated heterocycles. The van der Waals surface area contributed by atoms with Gasteiger partial charge in [-0.25, -0.2) is 0 Å². The van der Waals surface area contributed by atoms with Crippen LogP contribution in [0.1, 0.15) is 65.7 Å². The van der Waals surface area contributed by atoms with Crippen LogP contribution >= 0.6 is 0 Å². The predicted molar refractivity (Wildman–Crippen MR) is 78.9 cm³/mol. The number of unbranched alkanes of at least 4 members (excludes halogenated alkanes) is 3. The van der Waals surface area contributed by atoms with E-state index in [9.17, 15) is 0 Å². The van der Waals surface area contributed by atoms with Crippen LogP contribution in [0.3, 0.4) is 0 Å². The van der Waals surface area contributed by atoms with Crippen molar-refractivity contribution in [2.75, 3.05) is 19.8 Å². The summed E-state index contributed by atoms with van der Waals surface area (Å²) in [6.07, 6.45) is 9.36. The van der Waals surface area contributed by atoms with Crippen molar-refractivity contribution < 1.29 is 4.74 Å². The fourth-order valence-corrected chi connectivity index (χ4v) is 3.08. The molecule has 1 fully saturated rings. The number of hydrogen-bond donors (Lipinski definition) is 1. The van der Waals surface area contributed by atoms with Gasteiger partial charge in [-0.3, -0.25) is 0 Å². The van der Waals surface area contributed by atoms with Crippen LogP contribution in [-0.2, 0) is 4.74 Å². The smallest absolute Gasteiger partial charge is 0.0494 e. The number of hydrogen-bond acceptors (Lipinski definition) is 2. The third-order valence-electron chi connectivity index (χ3n) is 4.25. The molecule has 0 radical (unpaired) electrons. The zero-order valence-corrected chi connectivity index (χ0v) is 12.7. The molecule has 1 N–H and O–H groups in total. The van der Waals surface area contributed by atoms with E-state index in [-0.39, 0.29) is 0 Å². The minimum Gasteiger partial charge on any atom is -0.381 e. The summed E-state index contributed by atoms with van der Waals surface area (Å²) in [5.74, 6) is 1.55. The van der Waals surface area contributed by atoms with Crippen molar-refractivity contribution in [1.82, 2.24) is 5.32 Å². The van der Waals surface area contributed by atoms with E-state index in [0.29, 0.717) is 0 Å². The largest absolute Gasteiger partial charge is 0.381 e. The molecule has 108 valence electrons. The molecule has 0 spiro atoms. The van der Waals surface area contributed by atoms with Crippen LogP contribution in [0.15, 0.2) is 0 Å². The first-order chi connectivity index (χ1) is 8.79. The standard InChI is InChI=1S/C16H33NO/c1-4-6-7-8-9-16(17-11-5-2)15-10-12-18-13-14(15)3/h14-17H,4-13H2,1-3H3. The van der Waals surface area contributed by atoms with Gasteiger partial charge in [0.25, 0.3) is 0 Å². The zero-order chi connectivity index (χ0) is 13.2. The molecule has 0 amide bonds. The van der Waals surface area contributed by atoms with Crippen molar-refractivity contribution >= 4 is 0 Å². The van der Waals surface area contributed by atoms with Gasteiger partial charge in [0.1, 0.15) is 0 Å². The molecule has 1 heterocycles. The van der Waals surface area contributed by atoms with Gasteiger partial charge in [-0.15, -0.1) is 0 Å². The van der Waals surface area contributed by atoms with E-state index < -0.39 is 0 Å². The van der Waals surface area contributed by atoms with Gasteiger partial charge in [0.15, 0.2) is 0 Å². The lowest BCUT2D eigenvalue weighted by Gasteiger charge is -2.36. The molecule has 0 aliphatic carbocycles. The molecule has 2 heteroatoms. The summed E-state index contributed by atoms with van der Waals surface area (Å²) >= 11 is 0. The van der Waals surface area contributed by atoms with Crippen molar-refractivity contribution in [1.29, 1.82) is 0 Å². The Morgan fingerprint density at radius 2 is 2.00 bits per heavy atom. The number of nitrogens with one attached hydrogen (secondary N) is 1. The van der Waals surface area contributed by atoms with Gasteiger partial charge in [0.05, 0.1) is 0 Å². The second kappa shape index (κ2) is 9.80. The Bertz CT molecular complexity index is 196. The minimum absolute atomic E-state index is 0.722. The van der Waals surface area contributed by atoms with Gasteiger partial charge in [0.2, 0.25) is 0 Å². The van der Waals surface area contributed by atoms with E-state index in [4.69, 9.17) is 4.74 Å². The summed E-state index contributed by atoms with van der Waals surface area (Å²) in [5.41, 5.74) is 0. The van der Waals surface area contributed by atoms with Gasteiger partial charge in [-0.05, 0) is 37.6 Å². The Morgan fingerprint density at radius 1 is 1.17 bits per heavy atom. The number of ether oxygens (including phenoxy) is 1.